The lowest BCUT2D eigenvalue weighted by molar-refractivity contribution is 0.00578. The van der Waals surface area contributed by atoms with Gasteiger partial charge in [0.1, 0.15) is 0 Å². The lowest BCUT2D eigenvalue weighted by atomic mass is 9.79. The van der Waals surface area contributed by atoms with Crippen molar-refractivity contribution in [3.8, 4) is 0 Å². The van der Waals surface area contributed by atoms with E-state index in [4.69, 9.17) is 15.0 Å². The van der Waals surface area contributed by atoms with Crippen LogP contribution in [0.3, 0.4) is 0 Å². The van der Waals surface area contributed by atoms with Crippen molar-refractivity contribution in [2.24, 2.45) is 0 Å². The van der Waals surface area contributed by atoms with E-state index < -0.39 is 10.8 Å². The molecule has 1 aliphatic heterocycles. The molecule has 1 aliphatic rings. The molecule has 1 aromatic carbocycles. The van der Waals surface area contributed by atoms with Crippen molar-refractivity contribution in [2.75, 3.05) is 18.2 Å². The van der Waals surface area contributed by atoms with E-state index in [0.717, 1.165) is 11.2 Å². The SMILES string of the molecule is CC1(C)OB(c2ccc(N)cc2)OC1(C)C.CS(C)=O. The van der Waals surface area contributed by atoms with Crippen molar-refractivity contribution in [2.45, 2.75) is 38.9 Å². The molecular weight excluding hydrogens is 273 g/mol. The second-order valence-corrected chi connectivity index (χ2v) is 7.48. The third kappa shape index (κ3) is 4.33. The molecule has 6 heteroatoms. The molecule has 0 unspecified atom stereocenters. The molecule has 0 aromatic heterocycles. The number of hydrogen-bond donors (Lipinski definition) is 1. The molecule has 20 heavy (non-hydrogen) atoms. The first-order valence-electron chi connectivity index (χ1n) is 6.51. The summed E-state index contributed by atoms with van der Waals surface area (Å²) in [6.45, 7) is 8.18. The number of nitrogens with two attached hydrogens (primary N) is 1. The molecule has 1 heterocycles. The van der Waals surface area contributed by atoms with Crippen molar-refractivity contribution in [1.82, 2.24) is 0 Å². The van der Waals surface area contributed by atoms with Gasteiger partial charge >= 0.3 is 7.12 Å². The molecule has 0 atom stereocenters. The third-order valence-electron chi connectivity index (χ3n) is 3.46. The Morgan fingerprint density at radius 3 is 1.70 bits per heavy atom. The fourth-order valence-corrected chi connectivity index (χ4v) is 1.63. The predicted octanol–water partition coefficient (Wildman–Crippen LogP) is 1.56. The van der Waals surface area contributed by atoms with Gasteiger partial charge in [0.15, 0.2) is 0 Å². The zero-order valence-corrected chi connectivity index (χ0v) is 13.9. The monoisotopic (exact) mass is 297 g/mol. The van der Waals surface area contributed by atoms with Crippen LogP contribution in [0.25, 0.3) is 0 Å². The molecule has 112 valence electrons. The minimum atomic E-state index is -0.611. The normalized spacial score (nSPS) is 19.6. The molecule has 2 N–H and O–H groups in total. The van der Waals surface area contributed by atoms with E-state index in [1.54, 1.807) is 12.5 Å². The summed E-state index contributed by atoms with van der Waals surface area (Å²) in [5.41, 5.74) is 6.82. The highest BCUT2D eigenvalue weighted by Crippen LogP contribution is 2.36. The average Bonchev–Trinajstić information content (AvgIpc) is 2.48. The Labute approximate surface area is 124 Å². The van der Waals surface area contributed by atoms with Gasteiger partial charge in [0.2, 0.25) is 0 Å². The minimum Gasteiger partial charge on any atom is -0.399 e. The van der Waals surface area contributed by atoms with Gasteiger partial charge in [-0.2, -0.15) is 0 Å². The number of benzene rings is 1. The van der Waals surface area contributed by atoms with Gasteiger partial charge in [-0.15, -0.1) is 0 Å². The van der Waals surface area contributed by atoms with Crippen molar-refractivity contribution >= 4 is 29.1 Å². The topological polar surface area (TPSA) is 61.6 Å². The van der Waals surface area contributed by atoms with E-state index in [2.05, 4.69) is 0 Å². The van der Waals surface area contributed by atoms with Gasteiger partial charge in [-0.1, -0.05) is 12.1 Å². The second-order valence-electron chi connectivity index (χ2n) is 6.00. The maximum atomic E-state index is 9.56. The highest BCUT2D eigenvalue weighted by Gasteiger charge is 2.51. The zero-order valence-electron chi connectivity index (χ0n) is 13.1. The minimum absolute atomic E-state index is 0.293. The summed E-state index contributed by atoms with van der Waals surface area (Å²) in [5.74, 6) is 0. The van der Waals surface area contributed by atoms with Crippen molar-refractivity contribution in [3.63, 3.8) is 0 Å². The van der Waals surface area contributed by atoms with E-state index >= 15 is 0 Å². The third-order valence-corrected chi connectivity index (χ3v) is 3.46. The van der Waals surface area contributed by atoms with Crippen LogP contribution in [0.5, 0.6) is 0 Å². The van der Waals surface area contributed by atoms with Crippen LogP contribution in [0.2, 0.25) is 0 Å². The average molecular weight is 297 g/mol. The van der Waals surface area contributed by atoms with Crippen LogP contribution in [-0.4, -0.2) is 35.0 Å². The second kappa shape index (κ2) is 6.29. The van der Waals surface area contributed by atoms with Gasteiger partial charge in [-0.3, -0.25) is 4.21 Å². The van der Waals surface area contributed by atoms with Gasteiger partial charge in [-0.25, -0.2) is 0 Å². The van der Waals surface area contributed by atoms with Crippen LogP contribution < -0.4 is 11.2 Å². The Morgan fingerprint density at radius 1 is 1.00 bits per heavy atom. The van der Waals surface area contributed by atoms with Crippen LogP contribution in [0.4, 0.5) is 5.69 Å². The molecule has 0 saturated carbocycles. The summed E-state index contributed by atoms with van der Waals surface area (Å²) >= 11 is 0. The summed E-state index contributed by atoms with van der Waals surface area (Å²) in [7, 11) is -0.911. The molecule has 1 saturated heterocycles. The van der Waals surface area contributed by atoms with Gasteiger partial charge < -0.3 is 15.0 Å². The maximum Gasteiger partial charge on any atom is 0.494 e. The van der Waals surface area contributed by atoms with Crippen LogP contribution >= 0.6 is 0 Å². The van der Waals surface area contributed by atoms with Gasteiger partial charge in [0.25, 0.3) is 0 Å². The van der Waals surface area contributed by atoms with Crippen LogP contribution in [0.1, 0.15) is 27.7 Å². The molecule has 2 rings (SSSR count). The first kappa shape index (κ1) is 17.2. The standard InChI is InChI=1S/C12H18BNO2.C2H6OS/c1-11(2)12(3,4)16-13(15-11)9-5-7-10(14)8-6-9;1-4(2)3/h5-8H,14H2,1-4H3;1-2H3. The van der Waals surface area contributed by atoms with Crippen LogP contribution in [0.15, 0.2) is 24.3 Å². The van der Waals surface area contributed by atoms with Crippen molar-refractivity contribution in [1.29, 1.82) is 0 Å². The summed E-state index contributed by atoms with van der Waals surface area (Å²) in [6, 6.07) is 7.61. The Balaban J connectivity index is 0.000000444. The number of hydrogen-bond acceptors (Lipinski definition) is 4. The molecule has 0 radical (unpaired) electrons. The molecular formula is C14H24BNO3S. The first-order valence-corrected chi connectivity index (χ1v) is 8.48. The molecule has 0 aliphatic carbocycles. The lowest BCUT2D eigenvalue weighted by Crippen LogP contribution is -2.41. The van der Waals surface area contributed by atoms with Gasteiger partial charge in [-0.05, 0) is 45.3 Å². The van der Waals surface area contributed by atoms with E-state index in [1.165, 1.54) is 0 Å². The largest absolute Gasteiger partial charge is 0.494 e. The number of nitrogen functional groups attached to an aromatic ring is 1. The Morgan fingerprint density at radius 2 is 1.35 bits per heavy atom. The van der Waals surface area contributed by atoms with E-state index in [-0.39, 0.29) is 18.3 Å². The van der Waals surface area contributed by atoms with E-state index in [1.807, 2.05) is 52.0 Å². The van der Waals surface area contributed by atoms with E-state index in [0.29, 0.717) is 0 Å². The molecule has 4 nitrogen and oxygen atoms in total. The van der Waals surface area contributed by atoms with Crippen molar-refractivity contribution in [3.05, 3.63) is 24.3 Å². The Hall–Kier alpha value is -0.845. The van der Waals surface area contributed by atoms with Gasteiger partial charge in [0.05, 0.1) is 11.2 Å². The highest BCUT2D eigenvalue weighted by atomic mass is 32.2. The fraction of sp³-hybridized carbons (Fsp3) is 0.571. The quantitative estimate of drug-likeness (QED) is 0.631. The lowest BCUT2D eigenvalue weighted by Gasteiger charge is -2.32. The molecule has 0 amide bonds. The van der Waals surface area contributed by atoms with E-state index in [9.17, 15) is 4.21 Å². The fourth-order valence-electron chi connectivity index (χ4n) is 1.63. The Kier molecular flexibility index (Phi) is 5.41. The summed E-state index contributed by atoms with van der Waals surface area (Å²) < 4.78 is 21.4. The maximum absolute atomic E-state index is 9.56. The molecule has 0 bridgehead atoms. The van der Waals surface area contributed by atoms with Crippen molar-refractivity contribution < 1.29 is 13.5 Å². The summed E-state index contributed by atoms with van der Waals surface area (Å²) in [6.07, 6.45) is 3.28. The Bertz CT molecular complexity index is 454. The van der Waals surface area contributed by atoms with Gasteiger partial charge in [0, 0.05) is 29.0 Å². The zero-order chi connectivity index (χ0) is 15.6. The first-order chi connectivity index (χ1) is 9.05. The molecule has 1 aromatic rings. The summed E-state index contributed by atoms with van der Waals surface area (Å²) in [5, 5.41) is 0. The predicted molar refractivity (Wildman–Crippen MR) is 86.6 cm³/mol. The van der Waals surface area contributed by atoms with Crippen LogP contribution in [-0.2, 0) is 20.1 Å². The smallest absolute Gasteiger partial charge is 0.399 e. The number of rotatable bonds is 1. The number of anilines is 1. The molecule has 0 spiro atoms. The summed E-state index contributed by atoms with van der Waals surface area (Å²) in [4.78, 5) is 0. The molecule has 1 fully saturated rings. The van der Waals surface area contributed by atoms with Crippen LogP contribution in [0, 0.1) is 0 Å². The highest BCUT2D eigenvalue weighted by molar-refractivity contribution is 7.83.